The summed E-state index contributed by atoms with van der Waals surface area (Å²) in [6.07, 6.45) is 5.21. The molecule has 114 valence electrons. The molecule has 20 heavy (non-hydrogen) atoms. The zero-order valence-electron chi connectivity index (χ0n) is 13.4. The molecule has 0 spiro atoms. The van der Waals surface area contributed by atoms with E-state index in [4.69, 9.17) is 4.74 Å². The van der Waals surface area contributed by atoms with E-state index in [1.165, 1.54) is 31.2 Å². The lowest BCUT2D eigenvalue weighted by atomic mass is 10.1. The van der Waals surface area contributed by atoms with Crippen molar-refractivity contribution in [3.63, 3.8) is 0 Å². The Morgan fingerprint density at radius 1 is 1.00 bits per heavy atom. The van der Waals surface area contributed by atoms with Crippen molar-refractivity contribution < 1.29 is 4.74 Å². The fourth-order valence-corrected chi connectivity index (χ4v) is 2.20. The van der Waals surface area contributed by atoms with Crippen molar-refractivity contribution in [2.75, 3.05) is 19.7 Å². The largest absolute Gasteiger partial charge is 0.372 e. The fraction of sp³-hybridized carbons (Fsp3) is 0.667. The van der Waals surface area contributed by atoms with Gasteiger partial charge in [-0.3, -0.25) is 0 Å². The third kappa shape index (κ3) is 7.66. The monoisotopic (exact) mass is 277 g/mol. The average molecular weight is 277 g/mol. The highest BCUT2D eigenvalue weighted by Crippen LogP contribution is 2.17. The highest BCUT2D eigenvalue weighted by atomic mass is 16.5. The lowest BCUT2D eigenvalue weighted by molar-refractivity contribution is 0.0495. The molecule has 1 aromatic carbocycles. The maximum Gasteiger partial charge on any atom is 0.0949 e. The molecule has 0 aliphatic rings. The lowest BCUT2D eigenvalue weighted by Crippen LogP contribution is -2.27. The Bertz CT molecular complexity index is 323. The van der Waals surface area contributed by atoms with Crippen LogP contribution in [0.1, 0.15) is 58.1 Å². The first kappa shape index (κ1) is 17.2. The molecule has 0 heterocycles. The summed E-state index contributed by atoms with van der Waals surface area (Å²) in [6.45, 7) is 9.51. The van der Waals surface area contributed by atoms with Crippen molar-refractivity contribution in [2.24, 2.45) is 5.92 Å². The van der Waals surface area contributed by atoms with Crippen molar-refractivity contribution in [2.45, 2.75) is 52.6 Å². The van der Waals surface area contributed by atoms with Gasteiger partial charge in [0.05, 0.1) is 6.10 Å². The van der Waals surface area contributed by atoms with Gasteiger partial charge in [0.25, 0.3) is 0 Å². The number of rotatable bonds is 11. The topological polar surface area (TPSA) is 21.3 Å². The van der Waals surface area contributed by atoms with Crippen molar-refractivity contribution in [1.82, 2.24) is 5.32 Å². The lowest BCUT2D eigenvalue weighted by Gasteiger charge is -2.20. The molecule has 0 aliphatic heterocycles. The summed E-state index contributed by atoms with van der Waals surface area (Å²) in [6, 6.07) is 10.6. The van der Waals surface area contributed by atoms with Crippen LogP contribution < -0.4 is 5.32 Å². The molecule has 0 amide bonds. The second-order valence-corrected chi connectivity index (χ2v) is 5.88. The van der Waals surface area contributed by atoms with Gasteiger partial charge in [0.15, 0.2) is 0 Å². The molecule has 0 saturated heterocycles. The Balaban J connectivity index is 2.39. The molecule has 2 nitrogen and oxygen atoms in total. The quantitative estimate of drug-likeness (QED) is 0.598. The van der Waals surface area contributed by atoms with Gasteiger partial charge in [-0.1, -0.05) is 70.4 Å². The van der Waals surface area contributed by atoms with Gasteiger partial charge in [0, 0.05) is 13.2 Å². The molecule has 0 bridgehead atoms. The smallest absolute Gasteiger partial charge is 0.0949 e. The van der Waals surface area contributed by atoms with Gasteiger partial charge in [-0.25, -0.2) is 0 Å². The van der Waals surface area contributed by atoms with E-state index in [0.717, 1.165) is 19.7 Å². The Hall–Kier alpha value is -0.860. The summed E-state index contributed by atoms with van der Waals surface area (Å²) >= 11 is 0. The Morgan fingerprint density at radius 3 is 2.40 bits per heavy atom. The van der Waals surface area contributed by atoms with Crippen LogP contribution in [0, 0.1) is 5.92 Å². The van der Waals surface area contributed by atoms with Crippen LogP contribution in [0.3, 0.4) is 0 Å². The van der Waals surface area contributed by atoms with Crippen LogP contribution in [0.25, 0.3) is 0 Å². The number of nitrogens with one attached hydrogen (secondary N) is 1. The highest BCUT2D eigenvalue weighted by molar-refractivity contribution is 5.17. The Labute approximate surface area is 124 Å². The predicted molar refractivity (Wildman–Crippen MR) is 87.0 cm³/mol. The number of unbranched alkanes of at least 4 members (excludes halogenated alkanes) is 3. The van der Waals surface area contributed by atoms with Crippen LogP contribution in [-0.4, -0.2) is 19.7 Å². The molecule has 0 fully saturated rings. The zero-order chi connectivity index (χ0) is 14.6. The van der Waals surface area contributed by atoms with E-state index in [0.29, 0.717) is 5.92 Å². The van der Waals surface area contributed by atoms with Crippen LogP contribution in [0.5, 0.6) is 0 Å². The predicted octanol–water partition coefficient (Wildman–Crippen LogP) is 4.57. The van der Waals surface area contributed by atoms with E-state index >= 15 is 0 Å². The van der Waals surface area contributed by atoms with Gasteiger partial charge >= 0.3 is 0 Å². The minimum absolute atomic E-state index is 0.177. The van der Waals surface area contributed by atoms with E-state index in [-0.39, 0.29) is 6.10 Å². The zero-order valence-corrected chi connectivity index (χ0v) is 13.4. The molecule has 2 heteroatoms. The van der Waals surface area contributed by atoms with Crippen LogP contribution in [0.4, 0.5) is 0 Å². The fourth-order valence-electron chi connectivity index (χ4n) is 2.20. The number of hydrogen-bond acceptors (Lipinski definition) is 2. The van der Waals surface area contributed by atoms with Gasteiger partial charge < -0.3 is 10.1 Å². The molecular formula is C18H31NO. The van der Waals surface area contributed by atoms with Crippen LogP contribution >= 0.6 is 0 Å². The molecule has 0 radical (unpaired) electrons. The summed E-state index contributed by atoms with van der Waals surface area (Å²) in [5.41, 5.74) is 1.28. The third-order valence-electron chi connectivity index (χ3n) is 3.37. The van der Waals surface area contributed by atoms with Crippen molar-refractivity contribution >= 4 is 0 Å². The maximum absolute atomic E-state index is 6.09. The minimum atomic E-state index is 0.177. The summed E-state index contributed by atoms with van der Waals surface area (Å²) in [4.78, 5) is 0. The molecule has 1 N–H and O–H groups in total. The molecule has 0 aliphatic carbocycles. The molecule has 0 saturated carbocycles. The van der Waals surface area contributed by atoms with Crippen molar-refractivity contribution in [1.29, 1.82) is 0 Å². The first-order chi connectivity index (χ1) is 9.74. The van der Waals surface area contributed by atoms with Gasteiger partial charge in [0.1, 0.15) is 0 Å². The van der Waals surface area contributed by atoms with E-state index in [2.05, 4.69) is 56.4 Å². The van der Waals surface area contributed by atoms with Gasteiger partial charge in [-0.05, 0) is 24.4 Å². The average Bonchev–Trinajstić information content (AvgIpc) is 2.46. The van der Waals surface area contributed by atoms with Gasteiger partial charge in [-0.15, -0.1) is 0 Å². The molecule has 1 atom stereocenters. The SMILES string of the molecule is CCCCCCOC(CNCC(C)C)c1ccccc1. The molecule has 1 unspecified atom stereocenters. The van der Waals surface area contributed by atoms with E-state index in [1.807, 2.05) is 0 Å². The van der Waals surface area contributed by atoms with E-state index in [1.54, 1.807) is 0 Å². The normalized spacial score (nSPS) is 12.8. The van der Waals surface area contributed by atoms with Crippen LogP contribution in [-0.2, 0) is 4.74 Å². The summed E-state index contributed by atoms with van der Waals surface area (Å²) in [5.74, 6) is 0.677. The molecular weight excluding hydrogens is 246 g/mol. The van der Waals surface area contributed by atoms with Crippen molar-refractivity contribution in [3.8, 4) is 0 Å². The second-order valence-electron chi connectivity index (χ2n) is 5.88. The number of benzene rings is 1. The third-order valence-corrected chi connectivity index (χ3v) is 3.37. The maximum atomic E-state index is 6.09. The summed E-state index contributed by atoms with van der Waals surface area (Å²) in [7, 11) is 0. The highest BCUT2D eigenvalue weighted by Gasteiger charge is 2.11. The van der Waals surface area contributed by atoms with Crippen molar-refractivity contribution in [3.05, 3.63) is 35.9 Å². The first-order valence-corrected chi connectivity index (χ1v) is 8.11. The van der Waals surface area contributed by atoms with Crippen LogP contribution in [0.2, 0.25) is 0 Å². The minimum Gasteiger partial charge on any atom is -0.372 e. The molecule has 0 aromatic heterocycles. The Kier molecular flexibility index (Phi) is 9.35. The molecule has 1 aromatic rings. The van der Waals surface area contributed by atoms with E-state index in [9.17, 15) is 0 Å². The standard InChI is InChI=1S/C18H31NO/c1-4-5-6-10-13-20-18(15-19-14-16(2)3)17-11-8-7-9-12-17/h7-9,11-12,16,18-19H,4-6,10,13-15H2,1-3H3. The van der Waals surface area contributed by atoms with Gasteiger partial charge in [0.2, 0.25) is 0 Å². The number of hydrogen-bond donors (Lipinski definition) is 1. The summed E-state index contributed by atoms with van der Waals surface area (Å²) in [5, 5.41) is 3.51. The van der Waals surface area contributed by atoms with Gasteiger partial charge in [-0.2, -0.15) is 0 Å². The van der Waals surface area contributed by atoms with E-state index < -0.39 is 0 Å². The molecule has 1 rings (SSSR count). The van der Waals surface area contributed by atoms with Crippen LogP contribution in [0.15, 0.2) is 30.3 Å². The number of ether oxygens (including phenoxy) is 1. The Morgan fingerprint density at radius 2 is 1.75 bits per heavy atom. The summed E-state index contributed by atoms with van der Waals surface area (Å²) < 4.78 is 6.09. The second kappa shape index (κ2) is 10.9. The first-order valence-electron chi connectivity index (χ1n) is 8.11.